The van der Waals surface area contributed by atoms with Crippen molar-refractivity contribution in [3.8, 4) is 0 Å². The molecular formula is C17H23N3O. The van der Waals surface area contributed by atoms with Crippen molar-refractivity contribution in [2.45, 2.75) is 32.7 Å². The predicted octanol–water partition coefficient (Wildman–Crippen LogP) is 3.20. The molecule has 0 saturated heterocycles. The van der Waals surface area contributed by atoms with Crippen molar-refractivity contribution in [1.29, 1.82) is 0 Å². The summed E-state index contributed by atoms with van der Waals surface area (Å²) in [5, 5.41) is 6.71. The first-order valence-corrected chi connectivity index (χ1v) is 7.41. The van der Waals surface area contributed by atoms with Gasteiger partial charge in [0.15, 0.2) is 0 Å². The lowest BCUT2D eigenvalue weighted by atomic mass is 9.84. The Morgan fingerprint density at radius 3 is 2.62 bits per heavy atom. The Labute approximate surface area is 126 Å². The van der Waals surface area contributed by atoms with Crippen LogP contribution in [0, 0.1) is 5.92 Å². The third-order valence-electron chi connectivity index (χ3n) is 3.99. The number of hydrogen-bond donors (Lipinski definition) is 1. The number of nitrogens with zero attached hydrogens (tertiary/aromatic N) is 2. The van der Waals surface area contributed by atoms with Gasteiger partial charge in [0.25, 0.3) is 0 Å². The molecule has 2 unspecified atom stereocenters. The van der Waals surface area contributed by atoms with E-state index in [2.05, 4.69) is 24.0 Å². The van der Waals surface area contributed by atoms with Crippen molar-refractivity contribution in [3.63, 3.8) is 0 Å². The molecule has 0 aliphatic carbocycles. The quantitative estimate of drug-likeness (QED) is 0.886. The molecule has 21 heavy (non-hydrogen) atoms. The van der Waals surface area contributed by atoms with E-state index in [9.17, 15) is 4.79 Å². The highest BCUT2D eigenvalue weighted by Crippen LogP contribution is 2.29. The summed E-state index contributed by atoms with van der Waals surface area (Å²) in [5.41, 5.74) is 2.11. The second-order valence-corrected chi connectivity index (χ2v) is 5.57. The smallest absolute Gasteiger partial charge is 0.230 e. The van der Waals surface area contributed by atoms with Crippen LogP contribution >= 0.6 is 0 Å². The number of H-pyrrole nitrogens is 1. The van der Waals surface area contributed by atoms with E-state index in [-0.39, 0.29) is 11.8 Å². The molecule has 1 aromatic carbocycles. The summed E-state index contributed by atoms with van der Waals surface area (Å²) in [7, 11) is 1.85. The van der Waals surface area contributed by atoms with Gasteiger partial charge in [-0.25, -0.2) is 0 Å². The number of benzene rings is 1. The van der Waals surface area contributed by atoms with Gasteiger partial charge in [0.1, 0.15) is 0 Å². The van der Waals surface area contributed by atoms with E-state index in [1.54, 1.807) is 11.1 Å². The summed E-state index contributed by atoms with van der Waals surface area (Å²) in [6.07, 6.45) is 4.56. The zero-order chi connectivity index (χ0) is 15.2. The number of carbonyl (C=O) groups excluding carboxylic acids is 1. The topological polar surface area (TPSA) is 49.0 Å². The fourth-order valence-electron chi connectivity index (χ4n) is 2.56. The lowest BCUT2D eigenvalue weighted by Gasteiger charge is -2.27. The fraction of sp³-hybridized carbons (Fsp3) is 0.412. The van der Waals surface area contributed by atoms with E-state index >= 15 is 0 Å². The zero-order valence-corrected chi connectivity index (χ0v) is 12.9. The minimum atomic E-state index is -0.0897. The first-order chi connectivity index (χ1) is 10.1. The molecule has 0 aliphatic heterocycles. The van der Waals surface area contributed by atoms with E-state index in [1.807, 2.05) is 43.6 Å². The largest absolute Gasteiger partial charge is 0.341 e. The second-order valence-electron chi connectivity index (χ2n) is 5.57. The molecule has 0 radical (unpaired) electrons. The van der Waals surface area contributed by atoms with Gasteiger partial charge in [0.2, 0.25) is 5.91 Å². The molecule has 1 N–H and O–H groups in total. The monoisotopic (exact) mass is 285 g/mol. The Morgan fingerprint density at radius 2 is 2.05 bits per heavy atom. The van der Waals surface area contributed by atoms with Crippen molar-refractivity contribution in [2.75, 3.05) is 7.05 Å². The summed E-state index contributed by atoms with van der Waals surface area (Å²) in [6.45, 7) is 4.85. The van der Waals surface area contributed by atoms with Crippen LogP contribution in [0.1, 0.15) is 37.3 Å². The van der Waals surface area contributed by atoms with Crippen LogP contribution in [-0.2, 0) is 11.3 Å². The van der Waals surface area contributed by atoms with Gasteiger partial charge in [-0.1, -0.05) is 50.6 Å². The summed E-state index contributed by atoms with van der Waals surface area (Å²) in [5.74, 6) is 0.386. The maximum Gasteiger partial charge on any atom is 0.230 e. The van der Waals surface area contributed by atoms with Crippen molar-refractivity contribution >= 4 is 5.91 Å². The Kier molecular flexibility index (Phi) is 5.14. The van der Waals surface area contributed by atoms with Crippen LogP contribution in [-0.4, -0.2) is 28.1 Å². The number of aromatic nitrogens is 2. The van der Waals surface area contributed by atoms with Crippen LogP contribution < -0.4 is 0 Å². The van der Waals surface area contributed by atoms with Gasteiger partial charge in [-0.3, -0.25) is 9.89 Å². The number of hydrogen-bond acceptors (Lipinski definition) is 2. The maximum atomic E-state index is 12.9. The molecular weight excluding hydrogens is 262 g/mol. The average Bonchev–Trinajstić information content (AvgIpc) is 3.01. The molecule has 2 rings (SSSR count). The fourth-order valence-corrected chi connectivity index (χ4v) is 2.56. The standard InChI is InChI=1S/C17H23N3O/c1-4-13(2)16(15-8-6-5-7-9-15)17(21)20(3)12-14-10-18-19-11-14/h5-11,13,16H,4,12H2,1-3H3,(H,18,19). The third-order valence-corrected chi connectivity index (χ3v) is 3.99. The SMILES string of the molecule is CCC(C)C(C(=O)N(C)Cc1cn[nH]c1)c1ccccc1. The highest BCUT2D eigenvalue weighted by atomic mass is 16.2. The van der Waals surface area contributed by atoms with Crippen molar-refractivity contribution in [2.24, 2.45) is 5.92 Å². The van der Waals surface area contributed by atoms with Crippen molar-refractivity contribution in [3.05, 3.63) is 53.9 Å². The van der Waals surface area contributed by atoms with Gasteiger partial charge >= 0.3 is 0 Å². The molecule has 0 bridgehead atoms. The number of carbonyl (C=O) groups is 1. The molecule has 1 heterocycles. The molecule has 112 valence electrons. The summed E-state index contributed by atoms with van der Waals surface area (Å²) >= 11 is 0. The van der Waals surface area contributed by atoms with Crippen molar-refractivity contribution < 1.29 is 4.79 Å². The average molecular weight is 285 g/mol. The lowest BCUT2D eigenvalue weighted by Crippen LogP contribution is -2.34. The van der Waals surface area contributed by atoms with Gasteiger partial charge in [-0.2, -0.15) is 5.10 Å². The summed E-state index contributed by atoms with van der Waals surface area (Å²) in [4.78, 5) is 14.7. The van der Waals surface area contributed by atoms with Crippen LogP contribution in [0.3, 0.4) is 0 Å². The summed E-state index contributed by atoms with van der Waals surface area (Å²) in [6, 6.07) is 10.1. The van der Waals surface area contributed by atoms with Crippen LogP contribution in [0.2, 0.25) is 0 Å². The minimum Gasteiger partial charge on any atom is -0.341 e. The predicted molar refractivity (Wildman–Crippen MR) is 83.7 cm³/mol. The minimum absolute atomic E-state index is 0.0897. The van der Waals surface area contributed by atoms with Gasteiger partial charge in [0, 0.05) is 25.4 Å². The Morgan fingerprint density at radius 1 is 1.33 bits per heavy atom. The molecule has 0 fully saturated rings. The van der Waals surface area contributed by atoms with Crippen molar-refractivity contribution in [1.82, 2.24) is 15.1 Å². The number of nitrogens with one attached hydrogen (secondary N) is 1. The van der Waals surface area contributed by atoms with Gasteiger partial charge in [-0.05, 0) is 11.5 Å². The van der Waals surface area contributed by atoms with E-state index < -0.39 is 0 Å². The Balaban J connectivity index is 2.18. The van der Waals surface area contributed by atoms with E-state index in [0.717, 1.165) is 17.5 Å². The molecule has 4 heteroatoms. The number of rotatable bonds is 6. The Hall–Kier alpha value is -2.10. The first-order valence-electron chi connectivity index (χ1n) is 7.41. The summed E-state index contributed by atoms with van der Waals surface area (Å²) < 4.78 is 0. The van der Waals surface area contributed by atoms with Crippen LogP contribution in [0.25, 0.3) is 0 Å². The molecule has 0 aliphatic rings. The van der Waals surface area contributed by atoms with Gasteiger partial charge in [-0.15, -0.1) is 0 Å². The molecule has 4 nitrogen and oxygen atoms in total. The third kappa shape index (κ3) is 3.72. The van der Waals surface area contributed by atoms with E-state index in [0.29, 0.717) is 12.5 Å². The number of aromatic amines is 1. The highest BCUT2D eigenvalue weighted by Gasteiger charge is 2.28. The number of likely N-dealkylation sites (N-methyl/N-ethyl adjacent to an activating group) is 1. The lowest BCUT2D eigenvalue weighted by molar-refractivity contribution is -0.133. The van der Waals surface area contributed by atoms with Gasteiger partial charge in [0.05, 0.1) is 12.1 Å². The van der Waals surface area contributed by atoms with E-state index in [1.165, 1.54) is 0 Å². The molecule has 2 aromatic rings. The molecule has 1 aromatic heterocycles. The maximum absolute atomic E-state index is 12.9. The van der Waals surface area contributed by atoms with E-state index in [4.69, 9.17) is 0 Å². The molecule has 0 spiro atoms. The zero-order valence-electron chi connectivity index (χ0n) is 12.9. The van der Waals surface area contributed by atoms with Gasteiger partial charge < -0.3 is 4.90 Å². The normalized spacial score (nSPS) is 13.7. The van der Waals surface area contributed by atoms with Crippen LogP contribution in [0.4, 0.5) is 0 Å². The second kappa shape index (κ2) is 7.07. The molecule has 2 atom stereocenters. The molecule has 0 saturated carbocycles. The van der Waals surface area contributed by atoms with Crippen LogP contribution in [0.15, 0.2) is 42.7 Å². The molecule has 1 amide bonds. The Bertz CT molecular complexity index is 551. The first kappa shape index (κ1) is 15.3. The number of amides is 1. The van der Waals surface area contributed by atoms with Crippen LogP contribution in [0.5, 0.6) is 0 Å². The highest BCUT2D eigenvalue weighted by molar-refractivity contribution is 5.83.